The monoisotopic (exact) mass is 418 g/mol. The molecule has 2 aromatic rings. The Morgan fingerprint density at radius 3 is 2.31 bits per heavy atom. The molecule has 138 valence electrons. The van der Waals surface area contributed by atoms with E-state index in [2.05, 4.69) is 21.2 Å². The van der Waals surface area contributed by atoms with E-state index < -0.39 is 6.04 Å². The van der Waals surface area contributed by atoms with E-state index in [9.17, 15) is 9.59 Å². The zero-order chi connectivity index (χ0) is 19.1. The van der Waals surface area contributed by atoms with Crippen molar-refractivity contribution in [1.29, 1.82) is 0 Å². The SMILES string of the molecule is CNC(=O)C(C)N(Cc1ccc(C)cc1)C(=O)COc1ccc(Br)cc1. The Labute approximate surface area is 162 Å². The first-order valence-corrected chi connectivity index (χ1v) is 9.15. The summed E-state index contributed by atoms with van der Waals surface area (Å²) in [4.78, 5) is 26.3. The highest BCUT2D eigenvalue weighted by Crippen LogP contribution is 2.17. The predicted octanol–water partition coefficient (Wildman–Crippen LogP) is 3.30. The van der Waals surface area contributed by atoms with Crippen molar-refractivity contribution in [2.24, 2.45) is 0 Å². The molecule has 2 rings (SSSR count). The minimum Gasteiger partial charge on any atom is -0.484 e. The lowest BCUT2D eigenvalue weighted by Crippen LogP contribution is -2.48. The summed E-state index contributed by atoms with van der Waals surface area (Å²) in [6.07, 6.45) is 0. The molecule has 2 amide bonds. The third kappa shape index (κ3) is 5.59. The molecule has 0 aliphatic rings. The van der Waals surface area contributed by atoms with Gasteiger partial charge in [0.25, 0.3) is 5.91 Å². The van der Waals surface area contributed by atoms with Crippen LogP contribution in [0.5, 0.6) is 5.75 Å². The fraction of sp³-hybridized carbons (Fsp3) is 0.300. The second kappa shape index (κ2) is 9.38. The summed E-state index contributed by atoms with van der Waals surface area (Å²) in [5.74, 6) is 0.142. The lowest BCUT2D eigenvalue weighted by molar-refractivity contribution is -0.142. The van der Waals surface area contributed by atoms with Crippen molar-refractivity contribution in [1.82, 2.24) is 10.2 Å². The maximum Gasteiger partial charge on any atom is 0.261 e. The van der Waals surface area contributed by atoms with Gasteiger partial charge in [-0.05, 0) is 43.7 Å². The molecule has 1 atom stereocenters. The lowest BCUT2D eigenvalue weighted by Gasteiger charge is -2.28. The fourth-order valence-corrected chi connectivity index (χ4v) is 2.70. The number of halogens is 1. The molecule has 0 bridgehead atoms. The van der Waals surface area contributed by atoms with Crippen LogP contribution in [0.1, 0.15) is 18.1 Å². The van der Waals surface area contributed by atoms with Crippen molar-refractivity contribution < 1.29 is 14.3 Å². The van der Waals surface area contributed by atoms with Crippen LogP contribution >= 0.6 is 15.9 Å². The third-order valence-corrected chi connectivity index (χ3v) is 4.59. The maximum absolute atomic E-state index is 12.7. The Balaban J connectivity index is 2.10. The van der Waals surface area contributed by atoms with Crippen LogP contribution in [0.3, 0.4) is 0 Å². The van der Waals surface area contributed by atoms with Gasteiger partial charge in [0, 0.05) is 18.1 Å². The zero-order valence-corrected chi connectivity index (χ0v) is 16.7. The highest BCUT2D eigenvalue weighted by atomic mass is 79.9. The molecule has 0 spiro atoms. The Bertz CT molecular complexity index is 745. The molecule has 5 nitrogen and oxygen atoms in total. The minimum absolute atomic E-state index is 0.130. The van der Waals surface area contributed by atoms with Crippen molar-refractivity contribution in [3.63, 3.8) is 0 Å². The molecule has 0 aliphatic carbocycles. The van der Waals surface area contributed by atoms with E-state index in [1.54, 1.807) is 26.1 Å². The summed E-state index contributed by atoms with van der Waals surface area (Å²) in [7, 11) is 1.56. The van der Waals surface area contributed by atoms with Crippen LogP contribution in [0.25, 0.3) is 0 Å². The topological polar surface area (TPSA) is 58.6 Å². The summed E-state index contributed by atoms with van der Waals surface area (Å²) < 4.78 is 6.52. The molecule has 2 aromatic carbocycles. The van der Waals surface area contributed by atoms with Gasteiger partial charge < -0.3 is 15.0 Å². The van der Waals surface area contributed by atoms with Gasteiger partial charge in [0.1, 0.15) is 11.8 Å². The number of carbonyl (C=O) groups excluding carboxylic acids is 2. The van der Waals surface area contributed by atoms with Crippen LogP contribution in [0.4, 0.5) is 0 Å². The molecule has 0 saturated carbocycles. The molecule has 1 N–H and O–H groups in total. The summed E-state index contributed by atoms with van der Waals surface area (Å²) in [5.41, 5.74) is 2.10. The second-order valence-corrected chi connectivity index (χ2v) is 6.96. The van der Waals surface area contributed by atoms with Gasteiger partial charge in [-0.25, -0.2) is 0 Å². The van der Waals surface area contributed by atoms with Crippen LogP contribution in [0.15, 0.2) is 53.0 Å². The molecule has 26 heavy (non-hydrogen) atoms. The number of amides is 2. The molecule has 0 saturated heterocycles. The highest BCUT2D eigenvalue weighted by Gasteiger charge is 2.25. The standard InChI is InChI=1S/C20H23BrN2O3/c1-14-4-6-16(7-5-14)12-23(15(2)20(25)22-3)19(24)13-26-18-10-8-17(21)9-11-18/h4-11,15H,12-13H2,1-3H3,(H,22,25). The van der Waals surface area contributed by atoms with Crippen molar-refractivity contribution in [2.75, 3.05) is 13.7 Å². The van der Waals surface area contributed by atoms with Gasteiger partial charge in [0.05, 0.1) is 0 Å². The molecule has 0 heterocycles. The Hall–Kier alpha value is -2.34. The summed E-state index contributed by atoms with van der Waals surface area (Å²) >= 11 is 3.36. The molecular weight excluding hydrogens is 396 g/mol. The Kier molecular flexibility index (Phi) is 7.21. The number of carbonyl (C=O) groups is 2. The lowest BCUT2D eigenvalue weighted by atomic mass is 10.1. The zero-order valence-electron chi connectivity index (χ0n) is 15.2. The van der Waals surface area contributed by atoms with Crippen molar-refractivity contribution >= 4 is 27.7 Å². The van der Waals surface area contributed by atoms with Crippen molar-refractivity contribution in [3.05, 3.63) is 64.1 Å². The smallest absolute Gasteiger partial charge is 0.261 e. The summed E-state index contributed by atoms with van der Waals surface area (Å²) in [6.45, 7) is 3.93. The molecule has 0 aromatic heterocycles. The average molecular weight is 419 g/mol. The van der Waals surface area contributed by atoms with Crippen LogP contribution in [0, 0.1) is 6.92 Å². The minimum atomic E-state index is -0.595. The number of rotatable bonds is 7. The highest BCUT2D eigenvalue weighted by molar-refractivity contribution is 9.10. The number of nitrogens with one attached hydrogen (secondary N) is 1. The average Bonchev–Trinajstić information content (AvgIpc) is 2.65. The number of hydrogen-bond donors (Lipinski definition) is 1. The number of aryl methyl sites for hydroxylation is 1. The Morgan fingerprint density at radius 1 is 1.12 bits per heavy atom. The first kappa shape index (κ1) is 20.0. The fourth-order valence-electron chi connectivity index (χ4n) is 2.44. The number of benzene rings is 2. The molecule has 0 aliphatic heterocycles. The molecule has 0 radical (unpaired) electrons. The quantitative estimate of drug-likeness (QED) is 0.750. The van der Waals surface area contributed by atoms with Crippen LogP contribution < -0.4 is 10.1 Å². The largest absolute Gasteiger partial charge is 0.484 e. The van der Waals surface area contributed by atoms with E-state index in [-0.39, 0.29) is 18.4 Å². The third-order valence-electron chi connectivity index (χ3n) is 4.06. The molecule has 0 fully saturated rings. The number of likely N-dealkylation sites (N-methyl/N-ethyl adjacent to an activating group) is 1. The molecule has 1 unspecified atom stereocenters. The maximum atomic E-state index is 12.7. The van der Waals surface area contributed by atoms with Gasteiger partial charge in [0.2, 0.25) is 5.91 Å². The van der Waals surface area contributed by atoms with Gasteiger partial charge in [-0.15, -0.1) is 0 Å². The van der Waals surface area contributed by atoms with Crippen molar-refractivity contribution in [2.45, 2.75) is 26.4 Å². The van der Waals surface area contributed by atoms with Gasteiger partial charge in [-0.3, -0.25) is 9.59 Å². The molecule has 6 heteroatoms. The first-order valence-electron chi connectivity index (χ1n) is 8.35. The van der Waals surface area contributed by atoms with E-state index in [0.29, 0.717) is 12.3 Å². The van der Waals surface area contributed by atoms with E-state index in [0.717, 1.165) is 15.6 Å². The summed E-state index contributed by atoms with van der Waals surface area (Å²) in [5, 5.41) is 2.60. The van der Waals surface area contributed by atoms with E-state index in [4.69, 9.17) is 4.74 Å². The summed E-state index contributed by atoms with van der Waals surface area (Å²) in [6, 6.07) is 14.6. The van der Waals surface area contributed by atoms with Crippen LogP contribution in [-0.4, -0.2) is 36.4 Å². The molecular formula is C20H23BrN2O3. The van der Waals surface area contributed by atoms with Gasteiger partial charge >= 0.3 is 0 Å². The van der Waals surface area contributed by atoms with Crippen LogP contribution in [0.2, 0.25) is 0 Å². The van der Waals surface area contributed by atoms with E-state index in [1.165, 1.54) is 4.90 Å². The van der Waals surface area contributed by atoms with Gasteiger partial charge in [-0.2, -0.15) is 0 Å². The second-order valence-electron chi connectivity index (χ2n) is 6.04. The van der Waals surface area contributed by atoms with Crippen molar-refractivity contribution in [3.8, 4) is 5.75 Å². The van der Waals surface area contributed by atoms with E-state index >= 15 is 0 Å². The van der Waals surface area contributed by atoms with E-state index in [1.807, 2.05) is 43.3 Å². The normalized spacial score (nSPS) is 11.5. The number of nitrogens with zero attached hydrogens (tertiary/aromatic N) is 1. The Morgan fingerprint density at radius 2 is 1.73 bits per heavy atom. The van der Waals surface area contributed by atoms with Gasteiger partial charge in [-0.1, -0.05) is 45.8 Å². The number of ether oxygens (including phenoxy) is 1. The van der Waals surface area contributed by atoms with Crippen LogP contribution in [-0.2, 0) is 16.1 Å². The predicted molar refractivity (Wildman–Crippen MR) is 105 cm³/mol. The first-order chi connectivity index (χ1) is 12.4. The number of hydrogen-bond acceptors (Lipinski definition) is 3. The van der Waals surface area contributed by atoms with Gasteiger partial charge in [0.15, 0.2) is 6.61 Å².